The van der Waals surface area contributed by atoms with Crippen LogP contribution in [0.5, 0.6) is 0 Å². The Morgan fingerprint density at radius 3 is 1.88 bits per heavy atom. The third kappa shape index (κ3) is 6.26. The molecule has 3 aromatic carbocycles. The lowest BCUT2D eigenvalue weighted by atomic mass is 10.0. The van der Waals surface area contributed by atoms with Gasteiger partial charge in [0.15, 0.2) is 0 Å². The fraction of sp³-hybridized carbons (Fsp3) is 0.296. The van der Waals surface area contributed by atoms with Crippen LogP contribution in [0.2, 0.25) is 0 Å². The molecule has 4 rings (SSSR count). The number of ether oxygens (including phenoxy) is 1. The van der Waals surface area contributed by atoms with Gasteiger partial charge in [-0.2, -0.15) is 0 Å². The van der Waals surface area contributed by atoms with Crippen molar-refractivity contribution >= 4 is 5.91 Å². The molecule has 34 heavy (non-hydrogen) atoms. The first-order valence-corrected chi connectivity index (χ1v) is 11.4. The highest BCUT2D eigenvalue weighted by molar-refractivity contribution is 5.94. The van der Waals surface area contributed by atoms with Crippen molar-refractivity contribution in [3.05, 3.63) is 107 Å². The van der Waals surface area contributed by atoms with Crippen LogP contribution in [0.1, 0.15) is 27.6 Å². The minimum atomic E-state index is -0.750. The van der Waals surface area contributed by atoms with Crippen LogP contribution in [0.15, 0.2) is 78.9 Å². The number of aliphatic hydroxyl groups is 1. The van der Waals surface area contributed by atoms with E-state index < -0.39 is 12.2 Å². The summed E-state index contributed by atoms with van der Waals surface area (Å²) in [6.45, 7) is 2.98. The second-order valence-electron chi connectivity index (χ2n) is 8.43. The fourth-order valence-electron chi connectivity index (χ4n) is 4.11. The number of nitrogens with zero attached hydrogens (tertiary/aromatic N) is 2. The molecule has 5 nitrogen and oxygen atoms in total. The number of amides is 1. The average molecular weight is 467 g/mol. The Morgan fingerprint density at radius 1 is 0.824 bits per heavy atom. The van der Waals surface area contributed by atoms with Crippen molar-refractivity contribution in [3.63, 3.8) is 0 Å². The Labute approximate surface area is 198 Å². The molecule has 0 aliphatic carbocycles. The Balaban J connectivity index is 1.31. The standard InChI is InChI=1S/C27H28F2N2O3/c28-23-10-6-20(7-11-23)26(21-8-12-24(29)13-9-21)34-19-25(32)18-30-14-16-31(17-15-30)27(33)22-4-2-1-3-5-22/h1-13,25-26,32H,14-19H2. The third-order valence-electron chi connectivity index (χ3n) is 5.95. The minimum Gasteiger partial charge on any atom is -0.389 e. The van der Waals surface area contributed by atoms with E-state index in [-0.39, 0.29) is 24.1 Å². The molecule has 1 atom stereocenters. The zero-order valence-electron chi connectivity index (χ0n) is 18.8. The molecule has 0 spiro atoms. The molecule has 0 bridgehead atoms. The summed E-state index contributed by atoms with van der Waals surface area (Å²) in [6, 6.07) is 21.1. The van der Waals surface area contributed by atoms with Crippen LogP contribution < -0.4 is 0 Å². The summed E-state index contributed by atoms with van der Waals surface area (Å²) < 4.78 is 32.8. The van der Waals surface area contributed by atoms with E-state index in [1.165, 1.54) is 24.3 Å². The van der Waals surface area contributed by atoms with Crippen molar-refractivity contribution in [2.75, 3.05) is 39.3 Å². The quantitative estimate of drug-likeness (QED) is 0.547. The molecule has 0 aromatic heterocycles. The number of hydrogen-bond donors (Lipinski definition) is 1. The smallest absolute Gasteiger partial charge is 0.253 e. The van der Waals surface area contributed by atoms with Crippen molar-refractivity contribution in [1.82, 2.24) is 9.80 Å². The summed E-state index contributed by atoms with van der Waals surface area (Å²) in [5, 5.41) is 10.6. The normalized spacial score (nSPS) is 15.5. The van der Waals surface area contributed by atoms with Gasteiger partial charge in [0.1, 0.15) is 17.7 Å². The van der Waals surface area contributed by atoms with Gasteiger partial charge in [0, 0.05) is 38.3 Å². The summed E-state index contributed by atoms with van der Waals surface area (Å²) >= 11 is 0. The SMILES string of the molecule is O=C(c1ccccc1)N1CCN(CC(O)COC(c2ccc(F)cc2)c2ccc(F)cc2)CC1. The number of carbonyl (C=O) groups is 1. The van der Waals surface area contributed by atoms with Crippen LogP contribution in [0.3, 0.4) is 0 Å². The molecule has 1 saturated heterocycles. The van der Waals surface area contributed by atoms with Gasteiger partial charge in [0.2, 0.25) is 0 Å². The first-order valence-electron chi connectivity index (χ1n) is 11.4. The monoisotopic (exact) mass is 466 g/mol. The summed E-state index contributed by atoms with van der Waals surface area (Å²) in [5.74, 6) is -0.691. The molecule has 1 unspecified atom stereocenters. The van der Waals surface area contributed by atoms with Crippen molar-refractivity contribution < 1.29 is 23.4 Å². The molecular weight excluding hydrogens is 438 g/mol. The van der Waals surface area contributed by atoms with Gasteiger partial charge in [-0.05, 0) is 47.5 Å². The second-order valence-corrected chi connectivity index (χ2v) is 8.43. The second kappa shape index (κ2) is 11.3. The summed E-state index contributed by atoms with van der Waals surface area (Å²) in [7, 11) is 0. The van der Waals surface area contributed by atoms with Gasteiger partial charge in [-0.1, -0.05) is 42.5 Å². The van der Waals surface area contributed by atoms with Crippen molar-refractivity contribution in [3.8, 4) is 0 Å². The van der Waals surface area contributed by atoms with Crippen LogP contribution in [0.4, 0.5) is 8.78 Å². The van der Waals surface area contributed by atoms with Gasteiger partial charge in [-0.15, -0.1) is 0 Å². The molecule has 0 saturated carbocycles. The van der Waals surface area contributed by atoms with E-state index in [1.807, 2.05) is 35.2 Å². The molecule has 1 aliphatic rings. The number of β-amino-alcohol motifs (C(OH)–C–C–N with tert-alkyl or cyclic N) is 1. The van der Waals surface area contributed by atoms with Crippen molar-refractivity contribution in [2.24, 2.45) is 0 Å². The summed E-state index contributed by atoms with van der Waals surface area (Å²) in [4.78, 5) is 16.5. The van der Waals surface area contributed by atoms with Gasteiger partial charge in [0.05, 0.1) is 12.7 Å². The van der Waals surface area contributed by atoms with Crippen LogP contribution >= 0.6 is 0 Å². The van der Waals surface area contributed by atoms with E-state index in [2.05, 4.69) is 4.90 Å². The van der Waals surface area contributed by atoms with Crippen molar-refractivity contribution in [2.45, 2.75) is 12.2 Å². The van der Waals surface area contributed by atoms with E-state index in [4.69, 9.17) is 4.74 Å². The first kappa shape index (κ1) is 24.0. The maximum Gasteiger partial charge on any atom is 0.253 e. The minimum absolute atomic E-state index is 0.0190. The lowest BCUT2D eigenvalue weighted by Gasteiger charge is -2.35. The molecule has 1 heterocycles. The molecule has 1 amide bonds. The van der Waals surface area contributed by atoms with Gasteiger partial charge in [-0.3, -0.25) is 9.69 Å². The van der Waals surface area contributed by atoms with Gasteiger partial charge >= 0.3 is 0 Å². The Morgan fingerprint density at radius 2 is 1.35 bits per heavy atom. The summed E-state index contributed by atoms with van der Waals surface area (Å²) in [5.41, 5.74) is 2.11. The predicted octanol–water partition coefficient (Wildman–Crippen LogP) is 3.89. The Hall–Kier alpha value is -3.13. The number of hydrogen-bond acceptors (Lipinski definition) is 4. The molecule has 1 fully saturated rings. The molecule has 0 radical (unpaired) electrons. The molecule has 7 heteroatoms. The number of aliphatic hydroxyl groups excluding tert-OH is 1. The molecule has 3 aromatic rings. The van der Waals surface area contributed by atoms with Gasteiger partial charge in [-0.25, -0.2) is 8.78 Å². The van der Waals surface area contributed by atoms with Crippen molar-refractivity contribution in [1.29, 1.82) is 0 Å². The number of rotatable bonds is 8. The van der Waals surface area contributed by atoms with Crippen LogP contribution in [-0.4, -0.2) is 66.2 Å². The van der Waals surface area contributed by atoms with Gasteiger partial charge in [0.25, 0.3) is 5.91 Å². The lowest BCUT2D eigenvalue weighted by molar-refractivity contribution is -0.0137. The fourth-order valence-corrected chi connectivity index (χ4v) is 4.11. The van der Waals surface area contributed by atoms with E-state index in [1.54, 1.807) is 24.3 Å². The highest BCUT2D eigenvalue weighted by Gasteiger charge is 2.24. The zero-order valence-corrected chi connectivity index (χ0v) is 18.8. The molecule has 1 N–H and O–H groups in total. The molecule has 1 aliphatic heterocycles. The average Bonchev–Trinajstić information content (AvgIpc) is 2.87. The van der Waals surface area contributed by atoms with Gasteiger partial charge < -0.3 is 14.7 Å². The van der Waals surface area contributed by atoms with E-state index in [0.717, 1.165) is 0 Å². The number of halogens is 2. The first-order chi connectivity index (χ1) is 16.5. The molecule has 178 valence electrons. The maximum absolute atomic E-state index is 13.4. The van der Waals surface area contributed by atoms with E-state index in [9.17, 15) is 18.7 Å². The van der Waals surface area contributed by atoms with Crippen LogP contribution in [-0.2, 0) is 4.74 Å². The largest absolute Gasteiger partial charge is 0.389 e. The number of carbonyl (C=O) groups excluding carboxylic acids is 1. The lowest BCUT2D eigenvalue weighted by Crippen LogP contribution is -2.50. The third-order valence-corrected chi connectivity index (χ3v) is 5.95. The topological polar surface area (TPSA) is 53.0 Å². The predicted molar refractivity (Wildman–Crippen MR) is 125 cm³/mol. The number of benzene rings is 3. The number of piperazine rings is 1. The molecular formula is C27H28F2N2O3. The Kier molecular flexibility index (Phi) is 8.00. The van der Waals surface area contributed by atoms with Crippen LogP contribution in [0, 0.1) is 11.6 Å². The highest BCUT2D eigenvalue weighted by atomic mass is 19.1. The highest BCUT2D eigenvalue weighted by Crippen LogP contribution is 2.27. The zero-order chi connectivity index (χ0) is 23.9. The van der Waals surface area contributed by atoms with E-state index >= 15 is 0 Å². The Bertz CT molecular complexity index is 1010. The van der Waals surface area contributed by atoms with E-state index in [0.29, 0.717) is 49.4 Å². The summed E-state index contributed by atoms with van der Waals surface area (Å²) in [6.07, 6.45) is -1.31. The van der Waals surface area contributed by atoms with Crippen LogP contribution in [0.25, 0.3) is 0 Å². The maximum atomic E-state index is 13.4.